The second-order valence-corrected chi connectivity index (χ2v) is 11.6. The quantitative estimate of drug-likeness (QED) is 0.117. The van der Waals surface area contributed by atoms with Crippen LogP contribution in [0.2, 0.25) is 0 Å². The fourth-order valence-electron chi connectivity index (χ4n) is 4.22. The van der Waals surface area contributed by atoms with Gasteiger partial charge in [0.2, 0.25) is 0 Å². The van der Waals surface area contributed by atoms with E-state index in [1.807, 2.05) is 62.4 Å². The van der Waals surface area contributed by atoms with E-state index in [1.165, 1.54) is 5.56 Å². The number of Topliss-reactive ketones (excluding diaryl/α,β-unsaturated/α-hetero) is 1. The lowest BCUT2D eigenvalue weighted by atomic mass is 9.86. The average Bonchev–Trinajstić information content (AvgIpc) is 2.91. The molecule has 3 aromatic carbocycles. The van der Waals surface area contributed by atoms with Crippen molar-refractivity contribution in [2.75, 3.05) is 6.61 Å². The Bertz CT molecular complexity index is 1130. The van der Waals surface area contributed by atoms with Gasteiger partial charge in [-0.1, -0.05) is 80.9 Å². The number of esters is 1. The summed E-state index contributed by atoms with van der Waals surface area (Å²) in [5, 5.41) is 0. The molecule has 0 atom stereocenters. The zero-order valence-electron chi connectivity index (χ0n) is 23.4. The number of benzene rings is 3. The number of carbonyl (C=O) groups excluding carboxylic acids is 2. The molecule has 0 radical (unpaired) electrons. The molecule has 0 saturated carbocycles. The lowest BCUT2D eigenvalue weighted by Gasteiger charge is -2.24. The molecule has 0 N–H and O–H groups in total. The van der Waals surface area contributed by atoms with Crippen LogP contribution >= 0.6 is 0 Å². The van der Waals surface area contributed by atoms with E-state index in [0.717, 1.165) is 43.4 Å². The largest absolute Gasteiger partial charge is 0.493 e. The van der Waals surface area contributed by atoms with Crippen LogP contribution in [0, 0.1) is 10.8 Å². The van der Waals surface area contributed by atoms with Gasteiger partial charge in [0, 0.05) is 12.8 Å². The van der Waals surface area contributed by atoms with E-state index in [4.69, 9.17) is 9.47 Å². The van der Waals surface area contributed by atoms with Crippen molar-refractivity contribution in [1.82, 2.24) is 0 Å². The Morgan fingerprint density at radius 2 is 1.26 bits per heavy atom. The van der Waals surface area contributed by atoms with Gasteiger partial charge in [-0.05, 0) is 80.3 Å². The number of carbonyl (C=O) groups is 2. The second kappa shape index (κ2) is 13.9. The van der Waals surface area contributed by atoms with E-state index in [0.29, 0.717) is 25.2 Å². The van der Waals surface area contributed by atoms with Crippen molar-refractivity contribution >= 4 is 11.8 Å². The molecule has 0 amide bonds. The highest BCUT2D eigenvalue weighted by molar-refractivity contribution is 5.81. The highest BCUT2D eigenvalue weighted by Crippen LogP contribution is 2.27. The Kier molecular flexibility index (Phi) is 10.7. The van der Waals surface area contributed by atoms with Gasteiger partial charge in [-0.2, -0.15) is 0 Å². The maximum Gasteiger partial charge on any atom is 0.316 e. The van der Waals surface area contributed by atoms with Gasteiger partial charge in [0.05, 0.1) is 12.0 Å². The first-order chi connectivity index (χ1) is 18.1. The molecule has 0 fully saturated rings. The van der Waals surface area contributed by atoms with E-state index >= 15 is 0 Å². The number of para-hydroxylation sites is 2. The van der Waals surface area contributed by atoms with Crippen molar-refractivity contribution in [3.63, 3.8) is 0 Å². The highest BCUT2D eigenvalue weighted by atomic mass is 16.5. The van der Waals surface area contributed by atoms with Crippen molar-refractivity contribution < 1.29 is 19.1 Å². The Morgan fingerprint density at radius 3 is 1.89 bits per heavy atom. The van der Waals surface area contributed by atoms with Crippen molar-refractivity contribution in [2.24, 2.45) is 10.8 Å². The maximum absolute atomic E-state index is 12.6. The summed E-state index contributed by atoms with van der Waals surface area (Å²) in [6.07, 6.45) is 5.49. The summed E-state index contributed by atoms with van der Waals surface area (Å²) >= 11 is 0. The fraction of sp³-hybridized carbons (Fsp3) is 0.412. The number of rotatable bonds is 15. The van der Waals surface area contributed by atoms with Crippen molar-refractivity contribution in [3.8, 4) is 11.5 Å². The molecule has 0 bridgehead atoms. The van der Waals surface area contributed by atoms with E-state index in [1.54, 1.807) is 12.1 Å². The molecule has 3 rings (SSSR count). The molecular formula is C34H42O4. The van der Waals surface area contributed by atoms with E-state index in [2.05, 4.69) is 38.1 Å². The molecule has 0 saturated heterocycles. The van der Waals surface area contributed by atoms with Crippen LogP contribution in [0.25, 0.3) is 0 Å². The molecule has 0 spiro atoms. The van der Waals surface area contributed by atoms with Crippen molar-refractivity contribution in [3.05, 3.63) is 96.1 Å². The van der Waals surface area contributed by atoms with E-state index < -0.39 is 5.41 Å². The third kappa shape index (κ3) is 10.2. The lowest BCUT2D eigenvalue weighted by molar-refractivity contribution is -0.144. The Labute approximate surface area is 228 Å². The topological polar surface area (TPSA) is 52.6 Å². The predicted octanol–water partition coefficient (Wildman–Crippen LogP) is 8.03. The van der Waals surface area contributed by atoms with Crippen LogP contribution in [-0.2, 0) is 22.4 Å². The molecule has 4 nitrogen and oxygen atoms in total. The van der Waals surface area contributed by atoms with Crippen LogP contribution in [0.3, 0.4) is 0 Å². The van der Waals surface area contributed by atoms with Crippen molar-refractivity contribution in [1.29, 1.82) is 0 Å². The Morgan fingerprint density at radius 1 is 0.684 bits per heavy atom. The molecule has 0 aromatic heterocycles. The summed E-state index contributed by atoms with van der Waals surface area (Å²) in [6.45, 7) is 8.77. The molecule has 0 aliphatic rings. The molecule has 202 valence electrons. The molecule has 4 heteroatoms. The number of unbranched alkanes of at least 4 members (excludes halogenated alkanes) is 1. The fourth-order valence-corrected chi connectivity index (χ4v) is 4.22. The first-order valence-electron chi connectivity index (χ1n) is 13.7. The molecule has 3 aromatic rings. The third-order valence-corrected chi connectivity index (χ3v) is 6.90. The van der Waals surface area contributed by atoms with Crippen molar-refractivity contribution in [2.45, 2.75) is 72.6 Å². The molecule has 38 heavy (non-hydrogen) atoms. The average molecular weight is 515 g/mol. The normalized spacial score (nSPS) is 11.7. The van der Waals surface area contributed by atoms with Gasteiger partial charge in [0.25, 0.3) is 0 Å². The van der Waals surface area contributed by atoms with Gasteiger partial charge in [0.15, 0.2) is 0 Å². The number of hydrogen-bond donors (Lipinski definition) is 0. The van der Waals surface area contributed by atoms with Gasteiger partial charge in [-0.15, -0.1) is 0 Å². The number of ketones is 1. The van der Waals surface area contributed by atoms with E-state index in [9.17, 15) is 9.59 Å². The minimum absolute atomic E-state index is 0.0673. The Hall–Kier alpha value is -3.40. The van der Waals surface area contributed by atoms with Gasteiger partial charge in [-0.25, -0.2) is 0 Å². The zero-order chi connectivity index (χ0) is 27.4. The summed E-state index contributed by atoms with van der Waals surface area (Å²) in [7, 11) is 0. The summed E-state index contributed by atoms with van der Waals surface area (Å²) in [5.74, 6) is 1.52. The Balaban J connectivity index is 1.34. The molecule has 0 aliphatic heterocycles. The minimum Gasteiger partial charge on any atom is -0.493 e. The van der Waals surface area contributed by atoms with Crippen LogP contribution in [0.5, 0.6) is 11.5 Å². The SMILES string of the molecule is CC(C)(CCC(=O)Cc1ccc(CCCCC(C)(C)C(=O)Oc2ccccc2)cc1)COc1ccccc1. The monoisotopic (exact) mass is 514 g/mol. The standard InChI is InChI=1S/C34H42O4/c1-33(2,26-37-30-14-7-5-8-15-30)24-22-29(35)25-28-20-18-27(19-21-28)13-11-12-23-34(3,4)32(36)38-31-16-9-6-10-17-31/h5-10,14-21H,11-13,22-26H2,1-4H3. The summed E-state index contributed by atoms with van der Waals surface area (Å²) < 4.78 is 11.4. The number of hydrogen-bond acceptors (Lipinski definition) is 4. The number of aryl methyl sites for hydroxylation is 1. The van der Waals surface area contributed by atoms with Crippen LogP contribution < -0.4 is 9.47 Å². The predicted molar refractivity (Wildman–Crippen MR) is 154 cm³/mol. The molecular weight excluding hydrogens is 472 g/mol. The second-order valence-electron chi connectivity index (χ2n) is 11.6. The zero-order valence-corrected chi connectivity index (χ0v) is 23.4. The number of ether oxygens (including phenoxy) is 2. The molecule has 0 unspecified atom stereocenters. The van der Waals surface area contributed by atoms with Gasteiger partial charge < -0.3 is 9.47 Å². The first-order valence-corrected chi connectivity index (χ1v) is 13.7. The van der Waals surface area contributed by atoms with Crippen LogP contribution in [-0.4, -0.2) is 18.4 Å². The smallest absolute Gasteiger partial charge is 0.316 e. The summed E-state index contributed by atoms with van der Waals surface area (Å²) in [6, 6.07) is 27.4. The molecule has 0 aliphatic carbocycles. The van der Waals surface area contributed by atoms with Crippen LogP contribution in [0.4, 0.5) is 0 Å². The first kappa shape index (κ1) is 29.2. The van der Waals surface area contributed by atoms with E-state index in [-0.39, 0.29) is 17.2 Å². The van der Waals surface area contributed by atoms with Gasteiger partial charge >= 0.3 is 5.97 Å². The molecule has 0 heterocycles. The lowest BCUT2D eigenvalue weighted by Crippen LogP contribution is -2.29. The van der Waals surface area contributed by atoms with Gasteiger partial charge in [0.1, 0.15) is 17.3 Å². The van der Waals surface area contributed by atoms with Crippen LogP contribution in [0.15, 0.2) is 84.9 Å². The minimum atomic E-state index is -0.525. The van der Waals surface area contributed by atoms with Gasteiger partial charge in [-0.3, -0.25) is 9.59 Å². The third-order valence-electron chi connectivity index (χ3n) is 6.90. The van der Waals surface area contributed by atoms with Crippen LogP contribution in [0.1, 0.15) is 70.9 Å². The maximum atomic E-state index is 12.6. The highest BCUT2D eigenvalue weighted by Gasteiger charge is 2.29. The summed E-state index contributed by atoms with van der Waals surface area (Å²) in [4.78, 5) is 25.2. The summed E-state index contributed by atoms with van der Waals surface area (Å²) in [5.41, 5.74) is 1.72.